The van der Waals surface area contributed by atoms with Crippen LogP contribution in [-0.4, -0.2) is 59.2 Å². The highest BCUT2D eigenvalue weighted by Crippen LogP contribution is 2.32. The van der Waals surface area contributed by atoms with Crippen molar-refractivity contribution in [3.8, 4) is 28.7 Å². The minimum Gasteiger partial charge on any atom is -0.493 e. The van der Waals surface area contributed by atoms with Crippen LogP contribution < -0.4 is 18.9 Å². The molecule has 3 aromatic rings. The number of hydrogen-bond donors (Lipinski definition) is 0. The normalized spacial score (nSPS) is 12.5. The van der Waals surface area contributed by atoms with Crippen molar-refractivity contribution in [2.24, 2.45) is 0 Å². The number of benzene rings is 2. The Morgan fingerprint density at radius 3 is 2.66 bits per heavy atom. The molecule has 0 fully saturated rings. The number of ether oxygens (including phenoxy) is 4. The largest absolute Gasteiger partial charge is 0.493 e. The van der Waals surface area contributed by atoms with Crippen LogP contribution in [0.5, 0.6) is 23.0 Å². The lowest BCUT2D eigenvalue weighted by Crippen LogP contribution is -2.16. The minimum atomic E-state index is -0.0613. The molecular formula is C19H18N4O5S. The monoisotopic (exact) mass is 414 g/mol. The van der Waals surface area contributed by atoms with Gasteiger partial charge >= 0.3 is 0 Å². The first kappa shape index (κ1) is 19.1. The fraction of sp³-hybridized carbons (Fsp3) is 0.263. The number of carbonyl (C=O) groups is 1. The highest BCUT2D eigenvalue weighted by Gasteiger charge is 2.17. The summed E-state index contributed by atoms with van der Waals surface area (Å²) >= 11 is 1.25. The van der Waals surface area contributed by atoms with Gasteiger partial charge < -0.3 is 18.9 Å². The second-order valence-corrected chi connectivity index (χ2v) is 6.93. The van der Waals surface area contributed by atoms with Gasteiger partial charge in [0.15, 0.2) is 28.8 Å². The maximum absolute atomic E-state index is 12.6. The van der Waals surface area contributed by atoms with Crippen molar-refractivity contribution in [2.75, 3.05) is 33.2 Å². The average Bonchev–Trinajstić information content (AvgIpc) is 3.25. The van der Waals surface area contributed by atoms with Crippen LogP contribution in [-0.2, 0) is 0 Å². The number of ketones is 1. The third-order valence-corrected chi connectivity index (χ3v) is 5.17. The summed E-state index contributed by atoms with van der Waals surface area (Å²) in [5.41, 5.74) is 1.24. The number of thioether (sulfide) groups is 1. The summed E-state index contributed by atoms with van der Waals surface area (Å²) in [5.74, 6) is 2.51. The Bertz CT molecular complexity index is 1040. The zero-order valence-corrected chi connectivity index (χ0v) is 16.6. The lowest BCUT2D eigenvalue weighted by molar-refractivity contribution is 0.102. The average molecular weight is 414 g/mol. The van der Waals surface area contributed by atoms with Crippen LogP contribution in [0.2, 0.25) is 0 Å². The number of rotatable bonds is 7. The number of Topliss-reactive ketones (excluding diaryl/α,β-unsaturated/α-hetero) is 1. The number of nitrogens with zero attached hydrogens (tertiary/aromatic N) is 4. The fourth-order valence-corrected chi connectivity index (χ4v) is 3.60. The third kappa shape index (κ3) is 3.97. The van der Waals surface area contributed by atoms with E-state index < -0.39 is 0 Å². The van der Waals surface area contributed by atoms with E-state index in [9.17, 15) is 4.79 Å². The number of hydrogen-bond acceptors (Lipinski definition) is 9. The van der Waals surface area contributed by atoms with E-state index in [-0.39, 0.29) is 11.5 Å². The molecule has 0 bridgehead atoms. The van der Waals surface area contributed by atoms with Gasteiger partial charge in [-0.25, -0.2) is 0 Å². The van der Waals surface area contributed by atoms with E-state index in [0.717, 1.165) is 0 Å². The zero-order chi connectivity index (χ0) is 20.2. The fourth-order valence-electron chi connectivity index (χ4n) is 2.82. The molecule has 0 radical (unpaired) electrons. The Labute approximate surface area is 170 Å². The Morgan fingerprint density at radius 1 is 1.07 bits per heavy atom. The van der Waals surface area contributed by atoms with Gasteiger partial charge in [-0.3, -0.25) is 4.79 Å². The van der Waals surface area contributed by atoms with Crippen molar-refractivity contribution in [1.29, 1.82) is 0 Å². The van der Waals surface area contributed by atoms with Crippen LogP contribution in [0.4, 0.5) is 0 Å². The molecule has 10 heteroatoms. The smallest absolute Gasteiger partial charge is 0.214 e. The van der Waals surface area contributed by atoms with Crippen molar-refractivity contribution in [3.63, 3.8) is 0 Å². The summed E-state index contributed by atoms with van der Waals surface area (Å²) in [6, 6.07) is 10.5. The van der Waals surface area contributed by atoms with Crippen LogP contribution in [0.25, 0.3) is 5.69 Å². The molecule has 0 atom stereocenters. The predicted molar refractivity (Wildman–Crippen MR) is 105 cm³/mol. The first-order valence-corrected chi connectivity index (χ1v) is 9.74. The molecule has 1 aliphatic rings. The van der Waals surface area contributed by atoms with Gasteiger partial charge in [0.05, 0.1) is 25.7 Å². The number of fused-ring (bicyclic) bond motifs is 1. The molecule has 0 unspecified atom stereocenters. The topological polar surface area (TPSA) is 97.6 Å². The van der Waals surface area contributed by atoms with E-state index in [4.69, 9.17) is 18.9 Å². The van der Waals surface area contributed by atoms with E-state index in [2.05, 4.69) is 15.5 Å². The number of tetrazole rings is 1. The quantitative estimate of drug-likeness (QED) is 0.426. The number of aromatic nitrogens is 4. The van der Waals surface area contributed by atoms with E-state index in [1.54, 1.807) is 49.2 Å². The van der Waals surface area contributed by atoms with Crippen LogP contribution in [0.1, 0.15) is 10.4 Å². The van der Waals surface area contributed by atoms with Gasteiger partial charge in [-0.05, 0) is 40.8 Å². The molecule has 0 N–H and O–H groups in total. The van der Waals surface area contributed by atoms with E-state index in [0.29, 0.717) is 52.6 Å². The van der Waals surface area contributed by atoms with Gasteiger partial charge in [-0.15, -0.1) is 5.10 Å². The van der Waals surface area contributed by atoms with Crippen molar-refractivity contribution >= 4 is 17.5 Å². The number of carbonyl (C=O) groups excluding carboxylic acids is 1. The summed E-state index contributed by atoms with van der Waals surface area (Å²) in [5, 5.41) is 12.3. The van der Waals surface area contributed by atoms with Gasteiger partial charge in [-0.2, -0.15) is 4.68 Å². The van der Waals surface area contributed by atoms with Crippen molar-refractivity contribution in [3.05, 3.63) is 42.0 Å². The van der Waals surface area contributed by atoms with Crippen molar-refractivity contribution in [1.82, 2.24) is 20.2 Å². The Kier molecular flexibility index (Phi) is 5.52. The summed E-state index contributed by atoms with van der Waals surface area (Å²) < 4.78 is 23.1. The summed E-state index contributed by atoms with van der Waals surface area (Å²) in [6.07, 6.45) is 0. The van der Waals surface area contributed by atoms with Crippen LogP contribution in [0.3, 0.4) is 0 Å². The third-order valence-electron chi connectivity index (χ3n) is 4.25. The molecule has 9 nitrogen and oxygen atoms in total. The number of methoxy groups -OCH3 is 2. The molecular weight excluding hydrogens is 396 g/mol. The van der Waals surface area contributed by atoms with Gasteiger partial charge in [0.1, 0.15) is 13.2 Å². The second kappa shape index (κ2) is 8.39. The molecule has 2 aromatic carbocycles. The molecule has 1 aromatic heterocycles. The van der Waals surface area contributed by atoms with Gasteiger partial charge in [0, 0.05) is 11.6 Å². The summed E-state index contributed by atoms with van der Waals surface area (Å²) in [4.78, 5) is 12.6. The summed E-state index contributed by atoms with van der Waals surface area (Å²) in [6.45, 7) is 0.981. The van der Waals surface area contributed by atoms with Crippen LogP contribution in [0.15, 0.2) is 41.6 Å². The van der Waals surface area contributed by atoms with Gasteiger partial charge in [0.2, 0.25) is 5.16 Å². The first-order chi connectivity index (χ1) is 14.2. The van der Waals surface area contributed by atoms with Crippen LogP contribution in [0, 0.1) is 0 Å². The lowest BCUT2D eigenvalue weighted by Gasteiger charge is -2.18. The van der Waals surface area contributed by atoms with E-state index >= 15 is 0 Å². The van der Waals surface area contributed by atoms with E-state index in [1.165, 1.54) is 11.8 Å². The molecule has 2 heterocycles. The highest BCUT2D eigenvalue weighted by molar-refractivity contribution is 7.99. The minimum absolute atomic E-state index is 0.0613. The Morgan fingerprint density at radius 2 is 1.86 bits per heavy atom. The van der Waals surface area contributed by atoms with Crippen molar-refractivity contribution < 1.29 is 23.7 Å². The Balaban J connectivity index is 1.49. The van der Waals surface area contributed by atoms with E-state index in [1.807, 2.05) is 6.07 Å². The molecule has 0 aliphatic carbocycles. The molecule has 0 amide bonds. The molecule has 1 aliphatic heterocycles. The molecule has 4 rings (SSSR count). The van der Waals surface area contributed by atoms with Crippen LogP contribution >= 0.6 is 11.8 Å². The zero-order valence-electron chi connectivity index (χ0n) is 15.8. The van der Waals surface area contributed by atoms with Crippen molar-refractivity contribution in [2.45, 2.75) is 5.16 Å². The highest BCUT2D eigenvalue weighted by atomic mass is 32.2. The lowest BCUT2D eigenvalue weighted by atomic mass is 10.1. The first-order valence-electron chi connectivity index (χ1n) is 8.76. The second-order valence-electron chi connectivity index (χ2n) is 5.98. The molecule has 0 spiro atoms. The van der Waals surface area contributed by atoms with Gasteiger partial charge in [-0.1, -0.05) is 11.8 Å². The SMILES string of the molecule is COc1ccc(-n2nnnc2SCC(=O)c2ccc3c(c2)OCCO3)cc1OC. The summed E-state index contributed by atoms with van der Waals surface area (Å²) in [7, 11) is 3.13. The standard InChI is InChI=1S/C19H18N4O5S/c1-25-15-6-4-13(10-17(15)26-2)23-19(20-21-22-23)29-11-14(24)12-3-5-16-18(9-12)28-8-7-27-16/h3-6,9-10H,7-8,11H2,1-2H3. The maximum Gasteiger partial charge on any atom is 0.214 e. The molecule has 150 valence electrons. The predicted octanol–water partition coefficient (Wildman–Crippen LogP) is 2.43. The Hall–Kier alpha value is -3.27. The molecule has 0 saturated carbocycles. The molecule has 29 heavy (non-hydrogen) atoms. The maximum atomic E-state index is 12.6. The van der Waals surface area contributed by atoms with Gasteiger partial charge in [0.25, 0.3) is 0 Å². The molecule has 0 saturated heterocycles.